The minimum Gasteiger partial charge on any atom is -0.491 e. The maximum absolute atomic E-state index is 12.4. The minimum atomic E-state index is -0.565. The summed E-state index contributed by atoms with van der Waals surface area (Å²) in [6.07, 6.45) is 0.688. The molecule has 0 spiro atoms. The van der Waals surface area contributed by atoms with E-state index in [-0.39, 0.29) is 12.7 Å². The molecule has 162 valence electrons. The van der Waals surface area contributed by atoms with Gasteiger partial charge in [-0.1, -0.05) is 35.4 Å². The molecule has 31 heavy (non-hydrogen) atoms. The lowest BCUT2D eigenvalue weighted by Gasteiger charge is -2.20. The van der Waals surface area contributed by atoms with E-state index >= 15 is 0 Å². The Bertz CT molecular complexity index is 1150. The van der Waals surface area contributed by atoms with Crippen LogP contribution in [0.5, 0.6) is 11.5 Å². The van der Waals surface area contributed by atoms with Crippen LogP contribution in [0.3, 0.4) is 0 Å². The Morgan fingerprint density at radius 2 is 1.58 bits per heavy atom. The number of hydrogen-bond acceptors (Lipinski definition) is 5. The van der Waals surface area contributed by atoms with Gasteiger partial charge in [0.15, 0.2) is 0 Å². The molecule has 0 amide bonds. The van der Waals surface area contributed by atoms with Crippen LogP contribution in [-0.4, -0.2) is 28.4 Å². The van der Waals surface area contributed by atoms with Gasteiger partial charge in [-0.15, -0.1) is 0 Å². The molecule has 7 nitrogen and oxygen atoms in total. The van der Waals surface area contributed by atoms with E-state index in [1.54, 1.807) is 6.92 Å². The molecule has 2 aromatic carbocycles. The quantitative estimate of drug-likeness (QED) is 0.659. The summed E-state index contributed by atoms with van der Waals surface area (Å²) in [5.74, 6) is 1.47. The van der Waals surface area contributed by atoms with E-state index in [1.807, 2.05) is 62.4 Å². The van der Waals surface area contributed by atoms with Crippen molar-refractivity contribution in [2.45, 2.75) is 45.6 Å². The molecule has 3 atom stereocenters. The van der Waals surface area contributed by atoms with Gasteiger partial charge in [-0.3, -0.25) is 14.3 Å². The fourth-order valence-electron chi connectivity index (χ4n) is 3.55. The average molecular weight is 422 g/mol. The highest BCUT2D eigenvalue weighted by Crippen LogP contribution is 2.31. The van der Waals surface area contributed by atoms with Crippen molar-refractivity contribution in [3.63, 3.8) is 0 Å². The highest BCUT2D eigenvalue weighted by atomic mass is 16.6. The molecule has 1 aliphatic heterocycles. The number of aromatic amines is 1. The summed E-state index contributed by atoms with van der Waals surface area (Å²) in [6, 6.07) is 15.6. The van der Waals surface area contributed by atoms with Gasteiger partial charge in [0, 0.05) is 18.2 Å². The molecule has 1 aromatic heterocycles. The van der Waals surface area contributed by atoms with Crippen molar-refractivity contribution < 1.29 is 14.2 Å². The molecule has 4 rings (SSSR count). The van der Waals surface area contributed by atoms with Crippen LogP contribution < -0.4 is 20.7 Å². The first-order valence-corrected chi connectivity index (χ1v) is 10.3. The Morgan fingerprint density at radius 1 is 0.968 bits per heavy atom. The highest BCUT2D eigenvalue weighted by Gasteiger charge is 2.39. The first-order chi connectivity index (χ1) is 14.9. The van der Waals surface area contributed by atoms with Gasteiger partial charge in [-0.05, 0) is 45.0 Å². The molecule has 2 heterocycles. The van der Waals surface area contributed by atoms with Gasteiger partial charge in [0.05, 0.1) is 0 Å². The van der Waals surface area contributed by atoms with Crippen LogP contribution in [0.2, 0.25) is 0 Å². The number of nitrogens with one attached hydrogen (secondary N) is 1. The maximum atomic E-state index is 12.4. The third kappa shape index (κ3) is 4.88. The van der Waals surface area contributed by atoms with Crippen molar-refractivity contribution >= 4 is 0 Å². The van der Waals surface area contributed by atoms with Gasteiger partial charge < -0.3 is 14.2 Å². The topological polar surface area (TPSA) is 82.5 Å². The lowest BCUT2D eigenvalue weighted by Crippen LogP contribution is -2.33. The summed E-state index contributed by atoms with van der Waals surface area (Å²) < 4.78 is 19.7. The Balaban J connectivity index is 1.55. The number of nitrogens with zero attached hydrogens (tertiary/aromatic N) is 1. The minimum absolute atomic E-state index is 0.271. The second-order valence-electron chi connectivity index (χ2n) is 7.94. The Hall–Kier alpha value is -3.32. The van der Waals surface area contributed by atoms with E-state index in [0.29, 0.717) is 12.0 Å². The third-order valence-corrected chi connectivity index (χ3v) is 5.38. The van der Waals surface area contributed by atoms with Crippen molar-refractivity contribution in [3.05, 3.63) is 92.3 Å². The van der Waals surface area contributed by atoms with Crippen molar-refractivity contribution in [1.82, 2.24) is 9.55 Å². The summed E-state index contributed by atoms with van der Waals surface area (Å²) >= 11 is 0. The molecule has 1 fully saturated rings. The van der Waals surface area contributed by atoms with Crippen LogP contribution in [0.1, 0.15) is 29.3 Å². The highest BCUT2D eigenvalue weighted by molar-refractivity contribution is 5.27. The fraction of sp³-hybridized carbons (Fsp3) is 0.333. The number of hydrogen-bond donors (Lipinski definition) is 1. The molecule has 1 N–H and O–H groups in total. The second-order valence-corrected chi connectivity index (χ2v) is 7.94. The van der Waals surface area contributed by atoms with Crippen molar-refractivity contribution in [2.75, 3.05) is 6.61 Å². The van der Waals surface area contributed by atoms with Crippen LogP contribution in [0, 0.1) is 20.8 Å². The molecule has 0 unspecified atom stereocenters. The zero-order valence-electron chi connectivity index (χ0n) is 17.8. The predicted molar refractivity (Wildman–Crippen MR) is 117 cm³/mol. The zero-order chi connectivity index (χ0) is 22.0. The molecule has 7 heteroatoms. The molecule has 1 saturated heterocycles. The van der Waals surface area contributed by atoms with Crippen LogP contribution in [0.25, 0.3) is 0 Å². The molecular weight excluding hydrogens is 396 g/mol. The normalized spacial score (nSPS) is 20.5. The van der Waals surface area contributed by atoms with Crippen LogP contribution >= 0.6 is 0 Å². The summed E-state index contributed by atoms with van der Waals surface area (Å²) in [7, 11) is 0. The van der Waals surface area contributed by atoms with E-state index in [9.17, 15) is 9.59 Å². The molecule has 3 aromatic rings. The van der Waals surface area contributed by atoms with Gasteiger partial charge in [-0.25, -0.2) is 4.79 Å². The lowest BCUT2D eigenvalue weighted by molar-refractivity contribution is -0.0372. The van der Waals surface area contributed by atoms with E-state index in [1.165, 1.54) is 10.8 Å². The SMILES string of the molecule is Cc1ccc(OC[C@H]2O[C@@H](n3cc(C)c(=O)[nH]c3=O)C[C@@H]2Oc2ccc(C)cc2)cc1. The molecular formula is C24H26N2O5. The smallest absolute Gasteiger partial charge is 0.330 e. The van der Waals surface area contributed by atoms with Gasteiger partial charge in [-0.2, -0.15) is 0 Å². The maximum Gasteiger partial charge on any atom is 0.330 e. The largest absolute Gasteiger partial charge is 0.491 e. The molecule has 0 aliphatic carbocycles. The van der Waals surface area contributed by atoms with Gasteiger partial charge >= 0.3 is 5.69 Å². The number of aryl methyl sites for hydroxylation is 3. The lowest BCUT2D eigenvalue weighted by atomic mass is 10.1. The van der Waals surface area contributed by atoms with E-state index in [0.717, 1.165) is 22.6 Å². The number of aromatic nitrogens is 2. The van der Waals surface area contributed by atoms with Gasteiger partial charge in [0.1, 0.15) is 36.5 Å². The first kappa shape index (κ1) is 20.9. The van der Waals surface area contributed by atoms with Crippen molar-refractivity contribution in [2.24, 2.45) is 0 Å². The fourth-order valence-corrected chi connectivity index (χ4v) is 3.55. The van der Waals surface area contributed by atoms with Crippen LogP contribution in [0.4, 0.5) is 0 Å². The zero-order valence-corrected chi connectivity index (χ0v) is 17.8. The summed E-state index contributed by atoms with van der Waals surface area (Å²) in [6.45, 7) is 5.96. The van der Waals surface area contributed by atoms with E-state index in [4.69, 9.17) is 14.2 Å². The number of rotatable bonds is 6. The standard InChI is InChI=1S/C24H26N2O5/c1-15-4-8-18(9-5-15)29-14-21-20(30-19-10-6-16(2)7-11-19)12-22(31-21)26-13-17(3)23(27)25-24(26)28/h4-11,13,20-22H,12,14H2,1-3H3,(H,25,27,28)/t20-,21+,22+/m0/s1. The predicted octanol–water partition coefficient (Wildman–Crippen LogP) is 3.28. The second kappa shape index (κ2) is 8.81. The van der Waals surface area contributed by atoms with Gasteiger partial charge in [0.2, 0.25) is 0 Å². The Labute approximate surface area is 180 Å². The first-order valence-electron chi connectivity index (χ1n) is 10.3. The Kier molecular flexibility index (Phi) is 5.95. The van der Waals surface area contributed by atoms with E-state index < -0.39 is 23.6 Å². The third-order valence-electron chi connectivity index (χ3n) is 5.38. The average Bonchev–Trinajstić information content (AvgIpc) is 3.14. The van der Waals surface area contributed by atoms with Crippen LogP contribution in [-0.2, 0) is 4.74 Å². The monoisotopic (exact) mass is 422 g/mol. The summed E-state index contributed by atoms with van der Waals surface area (Å²) in [5.41, 5.74) is 1.83. The van der Waals surface area contributed by atoms with Crippen molar-refractivity contribution in [1.29, 1.82) is 0 Å². The molecule has 0 bridgehead atoms. The van der Waals surface area contributed by atoms with E-state index in [2.05, 4.69) is 4.98 Å². The Morgan fingerprint density at radius 3 is 2.23 bits per heavy atom. The molecule has 0 saturated carbocycles. The summed E-state index contributed by atoms with van der Waals surface area (Å²) in [5, 5.41) is 0. The number of H-pyrrole nitrogens is 1. The van der Waals surface area contributed by atoms with Crippen LogP contribution in [0.15, 0.2) is 64.3 Å². The molecule has 1 aliphatic rings. The van der Waals surface area contributed by atoms with Crippen molar-refractivity contribution in [3.8, 4) is 11.5 Å². The molecule has 0 radical (unpaired) electrons. The number of benzene rings is 2. The summed E-state index contributed by atoms with van der Waals surface area (Å²) in [4.78, 5) is 26.4. The number of ether oxygens (including phenoxy) is 3. The van der Waals surface area contributed by atoms with Gasteiger partial charge in [0.25, 0.3) is 5.56 Å².